The van der Waals surface area contributed by atoms with E-state index in [0.29, 0.717) is 11.8 Å². The van der Waals surface area contributed by atoms with E-state index in [9.17, 15) is 4.79 Å². The third-order valence-corrected chi connectivity index (χ3v) is 5.14. The van der Waals surface area contributed by atoms with Gasteiger partial charge < -0.3 is 16.0 Å². The highest BCUT2D eigenvalue weighted by Crippen LogP contribution is 2.48. The highest BCUT2D eigenvalue weighted by molar-refractivity contribution is 6.02. The number of fused-ring (bicyclic) bond motifs is 3. The lowest BCUT2D eigenvalue weighted by Crippen LogP contribution is -2.42. The van der Waals surface area contributed by atoms with Crippen molar-refractivity contribution in [2.45, 2.75) is 25.3 Å². The maximum absolute atomic E-state index is 12.6. The second-order valence-corrected chi connectivity index (χ2v) is 6.17. The van der Waals surface area contributed by atoms with Crippen molar-refractivity contribution in [1.82, 2.24) is 4.98 Å². The number of benzene rings is 1. The summed E-state index contributed by atoms with van der Waals surface area (Å²) in [4.78, 5) is 15.7. The number of hydrogen-bond donors (Lipinski definition) is 3. The molecular formula is C16H19N3O. The van der Waals surface area contributed by atoms with Gasteiger partial charge in [-0.2, -0.15) is 0 Å². The van der Waals surface area contributed by atoms with Crippen LogP contribution in [0.1, 0.15) is 19.3 Å². The van der Waals surface area contributed by atoms with Crippen LogP contribution >= 0.6 is 0 Å². The number of hydrogen-bond acceptors (Lipinski definition) is 2. The van der Waals surface area contributed by atoms with E-state index in [2.05, 4.69) is 10.3 Å². The van der Waals surface area contributed by atoms with Crippen molar-refractivity contribution in [2.24, 2.45) is 23.5 Å². The molecule has 2 aliphatic rings. The lowest BCUT2D eigenvalue weighted by Gasteiger charge is -2.27. The van der Waals surface area contributed by atoms with Crippen LogP contribution in [0.15, 0.2) is 30.5 Å². The topological polar surface area (TPSA) is 70.9 Å². The number of nitrogens with one attached hydrogen (secondary N) is 2. The minimum absolute atomic E-state index is 0.0112. The summed E-state index contributed by atoms with van der Waals surface area (Å²) in [6, 6.07) is 7.95. The van der Waals surface area contributed by atoms with Crippen molar-refractivity contribution in [3.05, 3.63) is 30.5 Å². The van der Waals surface area contributed by atoms with Crippen LogP contribution in [-0.4, -0.2) is 16.9 Å². The molecule has 4 rings (SSSR count). The summed E-state index contributed by atoms with van der Waals surface area (Å²) in [6.07, 6.45) is 5.38. The fourth-order valence-corrected chi connectivity index (χ4v) is 4.14. The number of aromatic nitrogens is 1. The normalized spacial score (nSPS) is 31.9. The SMILES string of the molecule is NC1C2CCC(C2)C1C(=O)Nc1cccc2[nH]ccc12. The van der Waals surface area contributed by atoms with E-state index in [0.717, 1.165) is 29.4 Å². The first-order chi connectivity index (χ1) is 9.74. The molecule has 4 unspecified atom stereocenters. The highest BCUT2D eigenvalue weighted by Gasteiger charge is 2.49. The van der Waals surface area contributed by atoms with E-state index >= 15 is 0 Å². The maximum Gasteiger partial charge on any atom is 0.229 e. The van der Waals surface area contributed by atoms with Crippen molar-refractivity contribution < 1.29 is 4.79 Å². The third kappa shape index (κ3) is 1.68. The average molecular weight is 269 g/mol. The molecule has 1 aromatic heterocycles. The number of amides is 1. The molecule has 4 nitrogen and oxygen atoms in total. The molecular weight excluding hydrogens is 250 g/mol. The first kappa shape index (κ1) is 12.0. The maximum atomic E-state index is 12.6. The highest BCUT2D eigenvalue weighted by atomic mass is 16.2. The molecule has 2 aliphatic carbocycles. The molecule has 0 spiro atoms. The molecule has 2 aromatic rings. The Morgan fingerprint density at radius 1 is 1.25 bits per heavy atom. The predicted octanol–water partition coefficient (Wildman–Crippen LogP) is 2.48. The van der Waals surface area contributed by atoms with Crippen LogP contribution in [0.25, 0.3) is 10.9 Å². The molecule has 0 aliphatic heterocycles. The molecule has 2 saturated carbocycles. The van der Waals surface area contributed by atoms with E-state index in [4.69, 9.17) is 5.73 Å². The van der Waals surface area contributed by atoms with E-state index < -0.39 is 0 Å². The van der Waals surface area contributed by atoms with Crippen molar-refractivity contribution in [1.29, 1.82) is 0 Å². The molecule has 2 bridgehead atoms. The van der Waals surface area contributed by atoms with Gasteiger partial charge in [-0.15, -0.1) is 0 Å². The van der Waals surface area contributed by atoms with Crippen LogP contribution in [0.2, 0.25) is 0 Å². The van der Waals surface area contributed by atoms with E-state index in [1.165, 1.54) is 6.42 Å². The molecule has 0 radical (unpaired) electrons. The van der Waals surface area contributed by atoms with Gasteiger partial charge in [-0.1, -0.05) is 6.07 Å². The van der Waals surface area contributed by atoms with E-state index in [1.54, 1.807) is 0 Å². The fourth-order valence-electron chi connectivity index (χ4n) is 4.14. The van der Waals surface area contributed by atoms with Crippen LogP contribution in [0.3, 0.4) is 0 Å². The van der Waals surface area contributed by atoms with Gasteiger partial charge in [0, 0.05) is 23.1 Å². The van der Waals surface area contributed by atoms with Gasteiger partial charge in [0.25, 0.3) is 0 Å². The number of H-pyrrole nitrogens is 1. The van der Waals surface area contributed by atoms with Gasteiger partial charge in [0.2, 0.25) is 5.91 Å². The van der Waals surface area contributed by atoms with E-state index in [1.807, 2.05) is 30.5 Å². The minimum Gasteiger partial charge on any atom is -0.361 e. The largest absolute Gasteiger partial charge is 0.361 e. The summed E-state index contributed by atoms with van der Waals surface area (Å²) in [7, 11) is 0. The summed E-state index contributed by atoms with van der Waals surface area (Å²) in [6.45, 7) is 0. The second kappa shape index (κ2) is 4.35. The zero-order valence-corrected chi connectivity index (χ0v) is 11.3. The Hall–Kier alpha value is -1.81. The molecule has 1 aromatic carbocycles. The Balaban J connectivity index is 1.60. The number of rotatable bonds is 2. The monoisotopic (exact) mass is 269 g/mol. The Kier molecular flexibility index (Phi) is 2.60. The number of carbonyl (C=O) groups excluding carboxylic acids is 1. The average Bonchev–Trinajstić information content (AvgIpc) is 3.13. The summed E-state index contributed by atoms with van der Waals surface area (Å²) < 4.78 is 0. The third-order valence-electron chi connectivity index (χ3n) is 5.14. The lowest BCUT2D eigenvalue weighted by molar-refractivity contribution is -0.121. The molecule has 1 amide bonds. The standard InChI is InChI=1S/C16H19N3O/c17-15-10-5-4-9(8-10)14(15)16(20)19-13-3-1-2-12-11(13)6-7-18-12/h1-3,6-7,9-10,14-15,18H,4-5,8,17H2,(H,19,20). The summed E-state index contributed by atoms with van der Waals surface area (Å²) in [5.41, 5.74) is 8.16. The second-order valence-electron chi connectivity index (χ2n) is 6.17. The Bertz CT molecular complexity index is 661. The van der Waals surface area contributed by atoms with Gasteiger partial charge in [-0.05, 0) is 49.3 Å². The summed E-state index contributed by atoms with van der Waals surface area (Å²) in [5, 5.41) is 4.14. The Morgan fingerprint density at radius 2 is 2.10 bits per heavy atom. The van der Waals surface area contributed by atoms with Gasteiger partial charge in [0.15, 0.2) is 0 Å². The predicted molar refractivity (Wildman–Crippen MR) is 79.2 cm³/mol. The van der Waals surface area contributed by atoms with Gasteiger partial charge in [-0.3, -0.25) is 4.79 Å². The summed E-state index contributed by atoms with van der Waals surface area (Å²) >= 11 is 0. The molecule has 4 N–H and O–H groups in total. The van der Waals surface area contributed by atoms with Crippen LogP contribution in [0.4, 0.5) is 5.69 Å². The van der Waals surface area contributed by atoms with Gasteiger partial charge >= 0.3 is 0 Å². The molecule has 1 heterocycles. The molecule has 4 heteroatoms. The molecule has 4 atom stereocenters. The van der Waals surface area contributed by atoms with Crippen molar-refractivity contribution in [2.75, 3.05) is 5.32 Å². The molecule has 104 valence electrons. The van der Waals surface area contributed by atoms with Gasteiger partial charge in [-0.25, -0.2) is 0 Å². The molecule has 2 fully saturated rings. The van der Waals surface area contributed by atoms with Gasteiger partial charge in [0.05, 0.1) is 11.6 Å². The molecule has 0 saturated heterocycles. The van der Waals surface area contributed by atoms with Crippen LogP contribution in [0.5, 0.6) is 0 Å². The van der Waals surface area contributed by atoms with Crippen LogP contribution in [0, 0.1) is 17.8 Å². The Labute approximate surface area is 117 Å². The fraction of sp³-hybridized carbons (Fsp3) is 0.438. The van der Waals surface area contributed by atoms with Crippen molar-refractivity contribution in [3.8, 4) is 0 Å². The van der Waals surface area contributed by atoms with E-state index in [-0.39, 0.29) is 17.9 Å². The van der Waals surface area contributed by atoms with Crippen LogP contribution in [-0.2, 0) is 4.79 Å². The lowest BCUT2D eigenvalue weighted by atomic mass is 9.84. The minimum atomic E-state index is -0.0112. The van der Waals surface area contributed by atoms with Crippen LogP contribution < -0.4 is 11.1 Å². The first-order valence-corrected chi connectivity index (χ1v) is 7.36. The first-order valence-electron chi connectivity index (χ1n) is 7.36. The zero-order chi connectivity index (χ0) is 13.7. The van der Waals surface area contributed by atoms with Crippen molar-refractivity contribution >= 4 is 22.5 Å². The van der Waals surface area contributed by atoms with Crippen molar-refractivity contribution in [3.63, 3.8) is 0 Å². The smallest absolute Gasteiger partial charge is 0.229 e. The summed E-state index contributed by atoms with van der Waals surface area (Å²) in [5.74, 6) is 1.13. The zero-order valence-electron chi connectivity index (χ0n) is 11.3. The number of anilines is 1. The molecule has 20 heavy (non-hydrogen) atoms. The quantitative estimate of drug-likeness (QED) is 0.783. The number of nitrogens with two attached hydrogens (primary N) is 1. The van der Waals surface area contributed by atoms with Gasteiger partial charge in [0.1, 0.15) is 0 Å². The number of aromatic amines is 1. The number of carbonyl (C=O) groups is 1. The Morgan fingerprint density at radius 3 is 2.90 bits per heavy atom.